The Morgan fingerprint density at radius 2 is 1.65 bits per heavy atom. The summed E-state index contributed by atoms with van der Waals surface area (Å²) >= 11 is 0. The quantitative estimate of drug-likeness (QED) is 0.558. The third-order valence-corrected chi connectivity index (χ3v) is 3.09. The van der Waals surface area contributed by atoms with Gasteiger partial charge in [-0.1, -0.05) is 27.2 Å². The Morgan fingerprint density at radius 3 is 2.18 bits per heavy atom. The van der Waals surface area contributed by atoms with Crippen molar-refractivity contribution in [3.63, 3.8) is 0 Å². The van der Waals surface area contributed by atoms with E-state index in [1.54, 1.807) is 0 Å². The second-order valence-corrected chi connectivity index (χ2v) is 5.79. The van der Waals surface area contributed by atoms with Gasteiger partial charge in [-0.3, -0.25) is 0 Å². The fourth-order valence-corrected chi connectivity index (χ4v) is 2.05. The first-order valence-corrected chi connectivity index (χ1v) is 7.52. The van der Waals surface area contributed by atoms with E-state index < -0.39 is 0 Å². The van der Waals surface area contributed by atoms with E-state index in [0.29, 0.717) is 6.04 Å². The van der Waals surface area contributed by atoms with Crippen LogP contribution in [-0.2, 0) is 0 Å². The lowest BCUT2D eigenvalue weighted by Gasteiger charge is -2.25. The highest BCUT2D eigenvalue weighted by Crippen LogP contribution is 2.04. The molecular formula is C15H34N2. The Bertz CT molecular complexity index is 155. The highest BCUT2D eigenvalue weighted by atomic mass is 15.1. The van der Waals surface area contributed by atoms with Crippen LogP contribution in [0.5, 0.6) is 0 Å². The van der Waals surface area contributed by atoms with E-state index in [1.807, 2.05) is 0 Å². The molecule has 0 rings (SSSR count). The minimum atomic E-state index is 0.703. The van der Waals surface area contributed by atoms with Crippen LogP contribution in [0.25, 0.3) is 0 Å². The second-order valence-electron chi connectivity index (χ2n) is 5.79. The topological polar surface area (TPSA) is 15.3 Å². The maximum Gasteiger partial charge on any atom is 0.00385 e. The SMILES string of the molecule is CCCN(CCCCCNCC(C)C)C(C)C. The molecule has 0 bridgehead atoms. The molecule has 2 heteroatoms. The summed E-state index contributed by atoms with van der Waals surface area (Å²) in [5.41, 5.74) is 0. The number of hydrogen-bond acceptors (Lipinski definition) is 2. The van der Waals surface area contributed by atoms with Gasteiger partial charge in [-0.05, 0) is 65.2 Å². The molecule has 0 unspecified atom stereocenters. The zero-order valence-corrected chi connectivity index (χ0v) is 12.8. The maximum absolute atomic E-state index is 3.51. The standard InChI is InChI=1S/C15H34N2/c1-6-11-17(15(4)5)12-9-7-8-10-16-13-14(2)3/h14-16H,6-13H2,1-5H3. The van der Waals surface area contributed by atoms with Crippen molar-refractivity contribution < 1.29 is 0 Å². The smallest absolute Gasteiger partial charge is 0.00385 e. The van der Waals surface area contributed by atoms with Crippen molar-refractivity contribution in [2.45, 2.75) is 66.3 Å². The molecule has 0 saturated carbocycles. The molecule has 2 nitrogen and oxygen atoms in total. The summed E-state index contributed by atoms with van der Waals surface area (Å²) in [5.74, 6) is 0.774. The molecule has 0 fully saturated rings. The number of hydrogen-bond donors (Lipinski definition) is 1. The van der Waals surface area contributed by atoms with Gasteiger partial charge in [0.25, 0.3) is 0 Å². The Kier molecular flexibility index (Phi) is 11.0. The predicted molar refractivity (Wildman–Crippen MR) is 78.6 cm³/mol. The molecule has 0 spiro atoms. The minimum Gasteiger partial charge on any atom is -0.316 e. The van der Waals surface area contributed by atoms with Crippen molar-refractivity contribution in [1.29, 1.82) is 0 Å². The van der Waals surface area contributed by atoms with Gasteiger partial charge in [0, 0.05) is 6.04 Å². The van der Waals surface area contributed by atoms with Crippen LogP contribution in [0.15, 0.2) is 0 Å². The van der Waals surface area contributed by atoms with E-state index >= 15 is 0 Å². The minimum absolute atomic E-state index is 0.703. The number of rotatable bonds is 11. The largest absolute Gasteiger partial charge is 0.316 e. The first-order valence-electron chi connectivity index (χ1n) is 7.52. The summed E-state index contributed by atoms with van der Waals surface area (Å²) in [5, 5.41) is 3.51. The van der Waals surface area contributed by atoms with Crippen molar-refractivity contribution >= 4 is 0 Å². The number of nitrogens with one attached hydrogen (secondary N) is 1. The third-order valence-electron chi connectivity index (χ3n) is 3.09. The van der Waals surface area contributed by atoms with Gasteiger partial charge in [0.2, 0.25) is 0 Å². The summed E-state index contributed by atoms with van der Waals surface area (Å²) in [7, 11) is 0. The average molecular weight is 242 g/mol. The maximum atomic E-state index is 3.51. The van der Waals surface area contributed by atoms with Crippen LogP contribution in [-0.4, -0.2) is 37.1 Å². The van der Waals surface area contributed by atoms with Crippen molar-refractivity contribution in [2.75, 3.05) is 26.2 Å². The van der Waals surface area contributed by atoms with E-state index in [-0.39, 0.29) is 0 Å². The Morgan fingerprint density at radius 1 is 0.941 bits per heavy atom. The van der Waals surface area contributed by atoms with Gasteiger partial charge in [0.15, 0.2) is 0 Å². The summed E-state index contributed by atoms with van der Waals surface area (Å²) in [6.07, 6.45) is 5.30. The first-order chi connectivity index (χ1) is 8.07. The van der Waals surface area contributed by atoms with Gasteiger partial charge in [-0.15, -0.1) is 0 Å². The molecule has 0 aliphatic carbocycles. The van der Waals surface area contributed by atoms with Gasteiger partial charge in [0.1, 0.15) is 0 Å². The number of nitrogens with zero attached hydrogens (tertiary/aromatic N) is 1. The highest BCUT2D eigenvalue weighted by Gasteiger charge is 2.06. The lowest BCUT2D eigenvalue weighted by Crippen LogP contribution is -2.32. The molecule has 0 atom stereocenters. The Hall–Kier alpha value is -0.0800. The van der Waals surface area contributed by atoms with Crippen molar-refractivity contribution in [3.05, 3.63) is 0 Å². The summed E-state index contributed by atoms with van der Waals surface area (Å²) < 4.78 is 0. The van der Waals surface area contributed by atoms with Crippen LogP contribution in [0, 0.1) is 5.92 Å². The predicted octanol–water partition coefficient (Wildman–Crippen LogP) is 3.52. The van der Waals surface area contributed by atoms with Crippen molar-refractivity contribution in [1.82, 2.24) is 10.2 Å². The van der Waals surface area contributed by atoms with Crippen LogP contribution >= 0.6 is 0 Å². The fraction of sp³-hybridized carbons (Fsp3) is 1.00. The molecule has 1 N–H and O–H groups in total. The molecular weight excluding hydrogens is 208 g/mol. The molecule has 0 aliphatic heterocycles. The molecule has 0 radical (unpaired) electrons. The lowest BCUT2D eigenvalue weighted by atomic mass is 10.2. The third kappa shape index (κ3) is 10.8. The molecule has 0 aliphatic rings. The lowest BCUT2D eigenvalue weighted by molar-refractivity contribution is 0.217. The fourth-order valence-electron chi connectivity index (χ4n) is 2.05. The van der Waals surface area contributed by atoms with Gasteiger partial charge in [-0.25, -0.2) is 0 Å². The van der Waals surface area contributed by atoms with Crippen molar-refractivity contribution in [3.8, 4) is 0 Å². The normalized spacial score (nSPS) is 12.0. The number of unbranched alkanes of at least 4 members (excludes halogenated alkanes) is 2. The molecule has 0 aromatic carbocycles. The summed E-state index contributed by atoms with van der Waals surface area (Å²) in [4.78, 5) is 2.60. The Balaban J connectivity index is 3.36. The van der Waals surface area contributed by atoms with Gasteiger partial charge in [-0.2, -0.15) is 0 Å². The molecule has 0 aromatic rings. The van der Waals surface area contributed by atoms with E-state index in [4.69, 9.17) is 0 Å². The second kappa shape index (κ2) is 11.0. The van der Waals surface area contributed by atoms with Crippen LogP contribution in [0.3, 0.4) is 0 Å². The van der Waals surface area contributed by atoms with E-state index in [0.717, 1.165) is 12.5 Å². The monoisotopic (exact) mass is 242 g/mol. The van der Waals surface area contributed by atoms with Crippen LogP contribution in [0.1, 0.15) is 60.3 Å². The van der Waals surface area contributed by atoms with Crippen molar-refractivity contribution in [2.24, 2.45) is 5.92 Å². The van der Waals surface area contributed by atoms with Gasteiger partial charge >= 0.3 is 0 Å². The molecule has 17 heavy (non-hydrogen) atoms. The first kappa shape index (κ1) is 16.9. The van der Waals surface area contributed by atoms with E-state index in [2.05, 4.69) is 44.8 Å². The molecule has 0 heterocycles. The average Bonchev–Trinajstić information content (AvgIpc) is 2.25. The molecule has 0 amide bonds. The van der Waals surface area contributed by atoms with Gasteiger partial charge in [0.05, 0.1) is 0 Å². The highest BCUT2D eigenvalue weighted by molar-refractivity contribution is 4.62. The molecule has 104 valence electrons. The van der Waals surface area contributed by atoms with Crippen LogP contribution < -0.4 is 5.32 Å². The zero-order chi connectivity index (χ0) is 13.1. The van der Waals surface area contributed by atoms with Crippen LogP contribution in [0.2, 0.25) is 0 Å². The zero-order valence-electron chi connectivity index (χ0n) is 12.8. The molecule has 0 aromatic heterocycles. The molecule has 0 saturated heterocycles. The van der Waals surface area contributed by atoms with E-state index in [9.17, 15) is 0 Å². The van der Waals surface area contributed by atoms with Crippen LogP contribution in [0.4, 0.5) is 0 Å². The van der Waals surface area contributed by atoms with E-state index in [1.165, 1.54) is 45.3 Å². The summed E-state index contributed by atoms with van der Waals surface area (Å²) in [6.45, 7) is 16.3. The summed E-state index contributed by atoms with van der Waals surface area (Å²) in [6, 6.07) is 0.703. The van der Waals surface area contributed by atoms with Gasteiger partial charge < -0.3 is 10.2 Å². The Labute approximate surface area is 109 Å².